The Labute approximate surface area is 253 Å². The normalized spacial score (nSPS) is 21.5. The molecule has 9 rings (SSSR count). The summed E-state index contributed by atoms with van der Waals surface area (Å²) in [6.07, 6.45) is 8.82. The highest BCUT2D eigenvalue weighted by Gasteiger charge is 2.57. The van der Waals surface area contributed by atoms with Crippen LogP contribution in [-0.2, 0) is 5.41 Å². The molecule has 208 valence electrons. The molecular weight excluding hydrogens is 520 g/mol. The van der Waals surface area contributed by atoms with E-state index in [2.05, 4.69) is 133 Å². The van der Waals surface area contributed by atoms with Crippen LogP contribution in [0.4, 0.5) is 11.4 Å². The smallest absolute Gasteiger partial charge is 0.0517 e. The number of nitrogens with zero attached hydrogens (tertiary/aromatic N) is 2. The summed E-state index contributed by atoms with van der Waals surface area (Å²) in [6.45, 7) is 5.01. The van der Waals surface area contributed by atoms with E-state index < -0.39 is 0 Å². The third kappa shape index (κ3) is 3.32. The highest BCUT2D eigenvalue weighted by atomic mass is 15.3. The lowest BCUT2D eigenvalue weighted by molar-refractivity contribution is 0.195. The van der Waals surface area contributed by atoms with Crippen LogP contribution in [0, 0.1) is 0 Å². The Morgan fingerprint density at radius 1 is 0.605 bits per heavy atom. The monoisotopic (exact) mass is 554 g/mol. The van der Waals surface area contributed by atoms with Crippen LogP contribution >= 0.6 is 0 Å². The van der Waals surface area contributed by atoms with Crippen LogP contribution in [0.1, 0.15) is 45.1 Å². The van der Waals surface area contributed by atoms with Gasteiger partial charge in [-0.05, 0) is 104 Å². The molecule has 0 radical (unpaired) electrons. The van der Waals surface area contributed by atoms with Crippen molar-refractivity contribution in [2.75, 3.05) is 4.90 Å². The molecule has 0 spiro atoms. The van der Waals surface area contributed by atoms with Crippen molar-refractivity contribution >= 4 is 43.7 Å². The lowest BCUT2D eigenvalue weighted by Crippen LogP contribution is -2.54. The van der Waals surface area contributed by atoms with E-state index in [1.54, 1.807) is 0 Å². The number of hydrogen-bond donors (Lipinski definition) is 0. The van der Waals surface area contributed by atoms with E-state index in [9.17, 15) is 0 Å². The van der Waals surface area contributed by atoms with Gasteiger partial charge in [0.2, 0.25) is 0 Å². The molecule has 1 aliphatic heterocycles. The summed E-state index contributed by atoms with van der Waals surface area (Å²) in [4.78, 5) is 6.96. The predicted molar refractivity (Wildman–Crippen MR) is 182 cm³/mol. The SMILES string of the molecule is CC12CCCCC1(C)N(c1ccncc1)c1ccc(-c3ccc4ccc5c(-c6ccccc6)ccc6ccc3c4c65)cc12. The maximum Gasteiger partial charge on any atom is 0.0517 e. The van der Waals surface area contributed by atoms with E-state index in [1.807, 2.05) is 12.4 Å². The summed E-state index contributed by atoms with van der Waals surface area (Å²) in [5.41, 5.74) is 9.39. The first kappa shape index (κ1) is 24.9. The molecule has 2 heterocycles. The number of anilines is 2. The van der Waals surface area contributed by atoms with Crippen LogP contribution in [0.5, 0.6) is 0 Å². The summed E-state index contributed by atoms with van der Waals surface area (Å²) < 4.78 is 0. The average Bonchev–Trinajstić information content (AvgIpc) is 3.27. The fourth-order valence-corrected chi connectivity index (χ4v) is 8.72. The largest absolute Gasteiger partial charge is 0.334 e. The molecular formula is C41H34N2. The molecule has 0 amide bonds. The van der Waals surface area contributed by atoms with Gasteiger partial charge in [0.1, 0.15) is 0 Å². The number of fused-ring (bicyclic) bond motifs is 3. The van der Waals surface area contributed by atoms with Crippen molar-refractivity contribution in [3.05, 3.63) is 127 Å². The molecule has 1 fully saturated rings. The fraction of sp³-hybridized carbons (Fsp3) is 0.195. The van der Waals surface area contributed by atoms with Gasteiger partial charge in [0, 0.05) is 29.2 Å². The molecule has 1 aliphatic carbocycles. The molecule has 2 unspecified atom stereocenters. The zero-order valence-corrected chi connectivity index (χ0v) is 24.8. The minimum atomic E-state index is 0.0318. The van der Waals surface area contributed by atoms with E-state index >= 15 is 0 Å². The number of aromatic nitrogens is 1. The number of benzene rings is 6. The van der Waals surface area contributed by atoms with E-state index in [1.165, 1.54) is 97.2 Å². The maximum absolute atomic E-state index is 4.33. The quantitative estimate of drug-likeness (QED) is 0.202. The first-order valence-corrected chi connectivity index (χ1v) is 15.7. The minimum absolute atomic E-state index is 0.0318. The van der Waals surface area contributed by atoms with Crippen LogP contribution in [0.2, 0.25) is 0 Å². The van der Waals surface area contributed by atoms with Crippen molar-refractivity contribution in [2.45, 2.75) is 50.5 Å². The van der Waals surface area contributed by atoms with Gasteiger partial charge in [-0.25, -0.2) is 0 Å². The second kappa shape index (κ2) is 8.91. The van der Waals surface area contributed by atoms with Crippen LogP contribution in [0.15, 0.2) is 122 Å². The summed E-state index contributed by atoms with van der Waals surface area (Å²) in [5.74, 6) is 0. The number of pyridine rings is 1. The molecule has 0 bridgehead atoms. The van der Waals surface area contributed by atoms with Crippen molar-refractivity contribution in [3.8, 4) is 22.3 Å². The zero-order chi connectivity index (χ0) is 28.8. The van der Waals surface area contributed by atoms with E-state index in [0.29, 0.717) is 0 Å². The standard InChI is InChI=1S/C41H34N2/c1-40-22-6-7-23-41(40,2)43(31-20-24-42-25-21-31)37-19-14-30(26-36(37)40)33-16-11-29-12-17-34-32(27-8-4-3-5-9-27)15-10-28-13-18-35(33)39(29)38(28)34/h3-5,8-21,24-26H,6-7,22-23H2,1-2H3. The van der Waals surface area contributed by atoms with Crippen LogP contribution in [-0.4, -0.2) is 10.5 Å². The molecule has 0 N–H and O–H groups in total. The van der Waals surface area contributed by atoms with Crippen molar-refractivity contribution in [2.24, 2.45) is 0 Å². The van der Waals surface area contributed by atoms with Gasteiger partial charge in [-0.2, -0.15) is 0 Å². The molecule has 2 aliphatic rings. The molecule has 2 atom stereocenters. The first-order chi connectivity index (χ1) is 21.1. The van der Waals surface area contributed by atoms with E-state index in [4.69, 9.17) is 0 Å². The molecule has 7 aromatic rings. The van der Waals surface area contributed by atoms with Crippen molar-refractivity contribution in [1.29, 1.82) is 0 Å². The minimum Gasteiger partial charge on any atom is -0.334 e. The molecule has 43 heavy (non-hydrogen) atoms. The maximum atomic E-state index is 4.33. The van der Waals surface area contributed by atoms with Crippen LogP contribution < -0.4 is 4.90 Å². The Bertz CT molecular complexity index is 2170. The Morgan fingerprint density at radius 3 is 1.93 bits per heavy atom. The Hall–Kier alpha value is -4.69. The molecule has 1 aromatic heterocycles. The Balaban J connectivity index is 1.27. The van der Waals surface area contributed by atoms with Gasteiger partial charge in [0.05, 0.1) is 5.54 Å². The van der Waals surface area contributed by atoms with Crippen LogP contribution in [0.25, 0.3) is 54.6 Å². The Morgan fingerprint density at radius 2 is 1.23 bits per heavy atom. The van der Waals surface area contributed by atoms with Gasteiger partial charge in [-0.3, -0.25) is 4.98 Å². The van der Waals surface area contributed by atoms with E-state index in [0.717, 1.165) is 0 Å². The molecule has 2 heteroatoms. The number of rotatable bonds is 3. The molecule has 6 aromatic carbocycles. The van der Waals surface area contributed by atoms with Gasteiger partial charge < -0.3 is 4.90 Å². The predicted octanol–water partition coefficient (Wildman–Crippen LogP) is 11.1. The molecule has 2 nitrogen and oxygen atoms in total. The van der Waals surface area contributed by atoms with Gasteiger partial charge >= 0.3 is 0 Å². The summed E-state index contributed by atoms with van der Waals surface area (Å²) in [6, 6.07) is 41.0. The molecule has 0 saturated heterocycles. The fourth-order valence-electron chi connectivity index (χ4n) is 8.72. The van der Waals surface area contributed by atoms with Gasteiger partial charge in [0.25, 0.3) is 0 Å². The third-order valence-electron chi connectivity index (χ3n) is 11.1. The first-order valence-electron chi connectivity index (χ1n) is 15.7. The summed E-state index contributed by atoms with van der Waals surface area (Å²) >= 11 is 0. The van der Waals surface area contributed by atoms with Gasteiger partial charge in [0.15, 0.2) is 0 Å². The van der Waals surface area contributed by atoms with Gasteiger partial charge in [-0.15, -0.1) is 0 Å². The summed E-state index contributed by atoms with van der Waals surface area (Å²) in [7, 11) is 0. The lowest BCUT2D eigenvalue weighted by atomic mass is 9.61. The molecule has 1 saturated carbocycles. The zero-order valence-electron chi connectivity index (χ0n) is 24.8. The van der Waals surface area contributed by atoms with E-state index in [-0.39, 0.29) is 11.0 Å². The van der Waals surface area contributed by atoms with Crippen molar-refractivity contribution in [1.82, 2.24) is 4.98 Å². The Kier molecular flexibility index (Phi) is 5.15. The lowest BCUT2D eigenvalue weighted by Gasteiger charge is -2.50. The second-order valence-electron chi connectivity index (χ2n) is 13.1. The second-order valence-corrected chi connectivity index (χ2v) is 13.1. The van der Waals surface area contributed by atoms with Crippen molar-refractivity contribution in [3.63, 3.8) is 0 Å². The van der Waals surface area contributed by atoms with Crippen LogP contribution in [0.3, 0.4) is 0 Å². The van der Waals surface area contributed by atoms with Crippen molar-refractivity contribution < 1.29 is 0 Å². The van der Waals surface area contributed by atoms with Gasteiger partial charge in [-0.1, -0.05) is 105 Å². The topological polar surface area (TPSA) is 16.1 Å². The summed E-state index contributed by atoms with van der Waals surface area (Å²) in [5, 5.41) is 8.01. The highest BCUT2D eigenvalue weighted by Crippen LogP contribution is 2.61. The number of hydrogen-bond acceptors (Lipinski definition) is 2. The average molecular weight is 555 g/mol. The third-order valence-corrected chi connectivity index (χ3v) is 11.1. The highest BCUT2D eigenvalue weighted by molar-refractivity contribution is 6.27.